The molecule has 1 aliphatic rings. The van der Waals surface area contributed by atoms with Crippen LogP contribution in [0.2, 0.25) is 0 Å². The van der Waals surface area contributed by atoms with Crippen LogP contribution in [0.1, 0.15) is 16.7 Å². The third-order valence-electron chi connectivity index (χ3n) is 3.01. The number of thioether (sulfide) groups is 1. The molecule has 19 heavy (non-hydrogen) atoms. The second kappa shape index (κ2) is 5.29. The standard InChI is InChI=1S/C17H12OS/c18-11-10-16-15-9-5-4-8-14(15)12-17(19-16)13-6-2-1-3-7-13/h1-12H. The molecule has 2 aromatic carbocycles. The summed E-state index contributed by atoms with van der Waals surface area (Å²) in [5.41, 5.74) is 3.46. The minimum Gasteiger partial charge on any atom is -0.299 e. The van der Waals surface area contributed by atoms with Crippen molar-refractivity contribution in [2.45, 2.75) is 0 Å². The minimum atomic E-state index is 0.854. The van der Waals surface area contributed by atoms with Crippen molar-refractivity contribution in [2.75, 3.05) is 0 Å². The zero-order valence-corrected chi connectivity index (χ0v) is 11.1. The van der Waals surface area contributed by atoms with Gasteiger partial charge in [0.2, 0.25) is 0 Å². The molecule has 0 N–H and O–H groups in total. The van der Waals surface area contributed by atoms with Crippen LogP contribution in [0, 0.1) is 0 Å². The Morgan fingerprint density at radius 2 is 1.63 bits per heavy atom. The van der Waals surface area contributed by atoms with Crippen molar-refractivity contribution in [3.05, 3.63) is 77.4 Å². The van der Waals surface area contributed by atoms with Gasteiger partial charge in [0.1, 0.15) is 6.29 Å². The van der Waals surface area contributed by atoms with E-state index in [-0.39, 0.29) is 0 Å². The number of fused-ring (bicyclic) bond motifs is 1. The van der Waals surface area contributed by atoms with Gasteiger partial charge in [-0.1, -0.05) is 66.4 Å². The molecule has 0 radical (unpaired) electrons. The summed E-state index contributed by atoms with van der Waals surface area (Å²) in [5, 5.41) is 0. The normalized spacial score (nSPS) is 15.8. The van der Waals surface area contributed by atoms with Crippen molar-refractivity contribution >= 4 is 33.9 Å². The summed E-state index contributed by atoms with van der Waals surface area (Å²) in [4.78, 5) is 13.0. The monoisotopic (exact) mass is 264 g/mol. The molecular formula is C17H12OS. The lowest BCUT2D eigenvalue weighted by atomic mass is 10.0. The smallest absolute Gasteiger partial charge is 0.143 e. The molecule has 1 aliphatic heterocycles. The van der Waals surface area contributed by atoms with Gasteiger partial charge >= 0.3 is 0 Å². The van der Waals surface area contributed by atoms with Crippen molar-refractivity contribution in [3.8, 4) is 0 Å². The zero-order chi connectivity index (χ0) is 13.1. The number of allylic oxidation sites excluding steroid dienone is 1. The average molecular weight is 264 g/mol. The van der Waals surface area contributed by atoms with E-state index in [9.17, 15) is 4.79 Å². The number of carbonyl (C=O) groups is 1. The van der Waals surface area contributed by atoms with Crippen LogP contribution >= 0.6 is 11.8 Å². The van der Waals surface area contributed by atoms with E-state index in [1.807, 2.05) is 30.3 Å². The maximum Gasteiger partial charge on any atom is 0.143 e. The second-order valence-electron chi connectivity index (χ2n) is 4.23. The van der Waals surface area contributed by atoms with Gasteiger partial charge in [-0.15, -0.1) is 0 Å². The summed E-state index contributed by atoms with van der Waals surface area (Å²) in [5.74, 6) is 0. The molecule has 0 aliphatic carbocycles. The number of hydrogen-bond acceptors (Lipinski definition) is 2. The molecule has 2 heteroatoms. The third-order valence-corrected chi connectivity index (χ3v) is 4.16. The van der Waals surface area contributed by atoms with Crippen LogP contribution in [0.5, 0.6) is 0 Å². The van der Waals surface area contributed by atoms with Crippen LogP contribution in [0.3, 0.4) is 0 Å². The van der Waals surface area contributed by atoms with E-state index < -0.39 is 0 Å². The summed E-state index contributed by atoms with van der Waals surface area (Å²) < 4.78 is 0. The van der Waals surface area contributed by atoms with E-state index in [4.69, 9.17) is 0 Å². The first kappa shape index (κ1) is 12.0. The molecule has 0 fully saturated rings. The van der Waals surface area contributed by atoms with Crippen molar-refractivity contribution in [1.29, 1.82) is 0 Å². The first-order valence-corrected chi connectivity index (χ1v) is 6.90. The lowest BCUT2D eigenvalue weighted by Gasteiger charge is -2.18. The highest BCUT2D eigenvalue weighted by molar-refractivity contribution is 8.16. The van der Waals surface area contributed by atoms with Gasteiger partial charge in [0.15, 0.2) is 0 Å². The number of carbonyl (C=O) groups excluding carboxylic acids is 1. The fraction of sp³-hybridized carbons (Fsp3) is 0. The Morgan fingerprint density at radius 3 is 2.42 bits per heavy atom. The Morgan fingerprint density at radius 1 is 0.895 bits per heavy atom. The Kier molecular flexibility index (Phi) is 3.34. The Bertz CT molecular complexity index is 669. The van der Waals surface area contributed by atoms with Crippen molar-refractivity contribution < 1.29 is 4.79 Å². The average Bonchev–Trinajstić information content (AvgIpc) is 2.48. The first-order valence-electron chi connectivity index (χ1n) is 6.08. The van der Waals surface area contributed by atoms with E-state index in [0.29, 0.717) is 0 Å². The predicted octanol–water partition coefficient (Wildman–Crippen LogP) is 4.47. The van der Waals surface area contributed by atoms with E-state index >= 15 is 0 Å². The minimum absolute atomic E-state index is 0.854. The molecule has 0 spiro atoms. The summed E-state index contributed by atoms with van der Waals surface area (Å²) in [6, 6.07) is 18.4. The number of benzene rings is 2. The van der Waals surface area contributed by atoms with Crippen LogP contribution in [0.4, 0.5) is 0 Å². The van der Waals surface area contributed by atoms with Crippen molar-refractivity contribution in [1.82, 2.24) is 0 Å². The van der Waals surface area contributed by atoms with Gasteiger partial charge < -0.3 is 0 Å². The first-order chi connectivity index (χ1) is 9.38. The van der Waals surface area contributed by atoms with E-state index in [1.54, 1.807) is 17.8 Å². The Labute approximate surface area is 116 Å². The highest BCUT2D eigenvalue weighted by Gasteiger charge is 2.16. The van der Waals surface area contributed by atoms with Gasteiger partial charge in [-0.3, -0.25) is 4.79 Å². The van der Waals surface area contributed by atoms with Gasteiger partial charge in [0.25, 0.3) is 0 Å². The third kappa shape index (κ3) is 2.40. The van der Waals surface area contributed by atoms with E-state index in [0.717, 1.165) is 22.3 Å². The SMILES string of the molecule is O=CC=C1SC(c2ccccc2)=Cc2ccccc21. The van der Waals surface area contributed by atoms with Gasteiger partial charge in [0.05, 0.1) is 0 Å². The summed E-state index contributed by atoms with van der Waals surface area (Å²) in [7, 11) is 0. The lowest BCUT2D eigenvalue weighted by molar-refractivity contribution is -0.104. The van der Waals surface area contributed by atoms with E-state index in [2.05, 4.69) is 30.3 Å². The summed E-state index contributed by atoms with van der Waals surface area (Å²) >= 11 is 1.64. The maximum atomic E-state index is 10.8. The Balaban J connectivity index is 2.13. The van der Waals surface area contributed by atoms with Gasteiger partial charge in [-0.2, -0.15) is 0 Å². The molecule has 0 aromatic heterocycles. The van der Waals surface area contributed by atoms with Crippen molar-refractivity contribution in [2.24, 2.45) is 0 Å². The van der Waals surface area contributed by atoms with Crippen LogP contribution in [-0.4, -0.2) is 6.29 Å². The molecule has 0 bridgehead atoms. The molecule has 3 rings (SSSR count). The predicted molar refractivity (Wildman–Crippen MR) is 82.4 cm³/mol. The van der Waals surface area contributed by atoms with Gasteiger partial charge in [0, 0.05) is 9.81 Å². The molecule has 1 heterocycles. The molecule has 92 valence electrons. The largest absolute Gasteiger partial charge is 0.299 e. The van der Waals surface area contributed by atoms with Crippen LogP contribution in [0.25, 0.3) is 15.9 Å². The molecule has 0 amide bonds. The number of aldehydes is 1. The van der Waals surface area contributed by atoms with Gasteiger partial charge in [-0.05, 0) is 28.8 Å². The van der Waals surface area contributed by atoms with E-state index in [1.165, 1.54) is 10.5 Å². The highest BCUT2D eigenvalue weighted by Crippen LogP contribution is 2.45. The molecule has 1 nitrogen and oxygen atoms in total. The molecule has 0 saturated carbocycles. The van der Waals surface area contributed by atoms with Crippen LogP contribution in [-0.2, 0) is 4.79 Å². The lowest BCUT2D eigenvalue weighted by Crippen LogP contribution is -1.93. The number of hydrogen-bond donors (Lipinski definition) is 0. The second-order valence-corrected chi connectivity index (χ2v) is 5.31. The van der Waals surface area contributed by atoms with Crippen LogP contribution in [0.15, 0.2) is 60.7 Å². The zero-order valence-electron chi connectivity index (χ0n) is 10.2. The maximum absolute atomic E-state index is 10.8. The van der Waals surface area contributed by atoms with Crippen molar-refractivity contribution in [3.63, 3.8) is 0 Å². The van der Waals surface area contributed by atoms with Gasteiger partial charge in [-0.25, -0.2) is 0 Å². The highest BCUT2D eigenvalue weighted by atomic mass is 32.2. The summed E-state index contributed by atoms with van der Waals surface area (Å²) in [6.07, 6.45) is 4.67. The number of rotatable bonds is 2. The summed E-state index contributed by atoms with van der Waals surface area (Å²) in [6.45, 7) is 0. The fourth-order valence-electron chi connectivity index (χ4n) is 2.12. The Hall–Kier alpha value is -2.06. The molecule has 2 aromatic rings. The molecule has 0 atom stereocenters. The topological polar surface area (TPSA) is 17.1 Å². The molecule has 0 saturated heterocycles. The van der Waals surface area contributed by atoms with Crippen LogP contribution < -0.4 is 0 Å². The molecule has 0 unspecified atom stereocenters. The molecular weight excluding hydrogens is 252 g/mol. The fourth-order valence-corrected chi connectivity index (χ4v) is 3.22. The quantitative estimate of drug-likeness (QED) is 0.588.